The first-order chi connectivity index (χ1) is 21.4. The van der Waals surface area contributed by atoms with Gasteiger partial charge in [-0.3, -0.25) is 13.9 Å². The van der Waals surface area contributed by atoms with Gasteiger partial charge in [0.05, 0.1) is 10.6 Å². The van der Waals surface area contributed by atoms with Crippen LogP contribution in [-0.4, -0.2) is 44.3 Å². The molecule has 4 rings (SSSR count). The third-order valence-corrected chi connectivity index (χ3v) is 9.44. The molecule has 1 N–H and O–H groups in total. The molecule has 0 radical (unpaired) electrons. The van der Waals surface area contributed by atoms with Gasteiger partial charge in [-0.05, 0) is 66.4 Å². The Balaban J connectivity index is 1.80. The van der Waals surface area contributed by atoms with Gasteiger partial charge in [0.15, 0.2) is 0 Å². The van der Waals surface area contributed by atoms with Crippen molar-refractivity contribution in [3.05, 3.63) is 130 Å². The number of carbonyl (C=O) groups excluding carboxylic acids is 2. The summed E-state index contributed by atoms with van der Waals surface area (Å²) in [6, 6.07) is 28.3. The van der Waals surface area contributed by atoms with Crippen LogP contribution in [0.15, 0.2) is 108 Å². The average Bonchev–Trinajstić information content (AvgIpc) is 3.01. The molecule has 2 amide bonds. The van der Waals surface area contributed by atoms with E-state index in [9.17, 15) is 18.0 Å². The molecule has 0 heterocycles. The van der Waals surface area contributed by atoms with Crippen LogP contribution in [0.5, 0.6) is 0 Å². The molecule has 0 aliphatic rings. The van der Waals surface area contributed by atoms with Crippen LogP contribution in [0.4, 0.5) is 5.69 Å². The van der Waals surface area contributed by atoms with E-state index in [4.69, 9.17) is 23.2 Å². The standard InChI is InChI=1S/C35H37Cl2N3O4S/c1-25(2)22-38-35(42)33(20-27-9-5-4-6-10-27)39(23-28-11-7-12-29(36)19-28)34(41)24-40(31-14-8-13-30(37)21-31)45(43,44)32-17-15-26(3)16-18-32/h4-19,21,25,33H,20,22-24H2,1-3H3,(H,38,42). The molecular formula is C35H37Cl2N3O4S. The van der Waals surface area contributed by atoms with Crippen molar-refractivity contribution in [1.29, 1.82) is 0 Å². The molecule has 4 aromatic carbocycles. The summed E-state index contributed by atoms with van der Waals surface area (Å²) in [6.07, 6.45) is 0.221. The van der Waals surface area contributed by atoms with E-state index in [0.29, 0.717) is 22.2 Å². The summed E-state index contributed by atoms with van der Waals surface area (Å²) >= 11 is 12.6. The number of nitrogens with zero attached hydrogens (tertiary/aromatic N) is 2. The Morgan fingerprint density at radius 1 is 0.800 bits per heavy atom. The average molecular weight is 667 g/mol. The summed E-state index contributed by atoms with van der Waals surface area (Å²) in [7, 11) is -4.22. The largest absolute Gasteiger partial charge is 0.354 e. The SMILES string of the molecule is Cc1ccc(S(=O)(=O)N(CC(=O)N(Cc2cccc(Cl)c2)C(Cc2ccccc2)C(=O)NCC(C)C)c2cccc(Cl)c2)cc1. The van der Waals surface area contributed by atoms with Crippen LogP contribution in [0.25, 0.3) is 0 Å². The predicted octanol–water partition coefficient (Wildman–Crippen LogP) is 6.91. The molecule has 0 fully saturated rings. The monoisotopic (exact) mass is 665 g/mol. The molecule has 0 aliphatic carbocycles. The first-order valence-electron chi connectivity index (χ1n) is 14.6. The van der Waals surface area contributed by atoms with Crippen molar-refractivity contribution in [2.75, 3.05) is 17.4 Å². The van der Waals surface area contributed by atoms with E-state index in [0.717, 1.165) is 15.4 Å². The third kappa shape index (κ3) is 9.33. The fourth-order valence-electron chi connectivity index (χ4n) is 4.81. The zero-order valence-corrected chi connectivity index (χ0v) is 27.8. The number of anilines is 1. The number of halogens is 2. The lowest BCUT2D eigenvalue weighted by Crippen LogP contribution is -2.53. The van der Waals surface area contributed by atoms with Gasteiger partial charge in [-0.25, -0.2) is 8.42 Å². The number of hydrogen-bond acceptors (Lipinski definition) is 4. The second-order valence-corrected chi connectivity index (χ2v) is 14.0. The fraction of sp³-hybridized carbons (Fsp3) is 0.257. The fourth-order valence-corrected chi connectivity index (χ4v) is 6.61. The Morgan fingerprint density at radius 3 is 2.04 bits per heavy atom. The van der Waals surface area contributed by atoms with E-state index in [-0.39, 0.29) is 35.4 Å². The zero-order valence-electron chi connectivity index (χ0n) is 25.5. The molecule has 4 aromatic rings. The molecule has 0 saturated carbocycles. The van der Waals surface area contributed by atoms with Gasteiger partial charge in [-0.15, -0.1) is 0 Å². The van der Waals surface area contributed by atoms with Gasteiger partial charge in [0.25, 0.3) is 10.0 Å². The van der Waals surface area contributed by atoms with Gasteiger partial charge in [0, 0.05) is 29.6 Å². The summed E-state index contributed by atoms with van der Waals surface area (Å²) in [5, 5.41) is 3.77. The molecule has 0 bridgehead atoms. The number of nitrogens with one attached hydrogen (secondary N) is 1. The highest BCUT2D eigenvalue weighted by atomic mass is 35.5. The Kier molecular flexibility index (Phi) is 11.7. The van der Waals surface area contributed by atoms with Crippen LogP contribution in [0, 0.1) is 12.8 Å². The minimum atomic E-state index is -4.22. The van der Waals surface area contributed by atoms with Gasteiger partial charge in [-0.1, -0.05) is 103 Å². The molecular weight excluding hydrogens is 629 g/mol. The van der Waals surface area contributed by atoms with Crippen LogP contribution in [0.3, 0.4) is 0 Å². The maximum absolute atomic E-state index is 14.5. The number of benzene rings is 4. The number of rotatable bonds is 13. The lowest BCUT2D eigenvalue weighted by atomic mass is 10.0. The Morgan fingerprint density at radius 2 is 1.42 bits per heavy atom. The molecule has 1 unspecified atom stereocenters. The first kappa shape index (κ1) is 34.0. The molecule has 45 heavy (non-hydrogen) atoms. The maximum atomic E-state index is 14.5. The lowest BCUT2D eigenvalue weighted by molar-refractivity contribution is -0.140. The summed E-state index contributed by atoms with van der Waals surface area (Å²) < 4.78 is 29.3. The molecule has 1 atom stereocenters. The van der Waals surface area contributed by atoms with Crippen LogP contribution >= 0.6 is 23.2 Å². The van der Waals surface area contributed by atoms with Crippen LogP contribution in [0.2, 0.25) is 10.0 Å². The first-order valence-corrected chi connectivity index (χ1v) is 16.8. The third-order valence-electron chi connectivity index (χ3n) is 7.18. The Hall–Kier alpha value is -3.85. The van der Waals surface area contributed by atoms with E-state index in [1.54, 1.807) is 48.5 Å². The number of carbonyl (C=O) groups is 2. The van der Waals surface area contributed by atoms with Gasteiger partial charge in [0.2, 0.25) is 11.8 Å². The predicted molar refractivity (Wildman–Crippen MR) is 181 cm³/mol. The second kappa shape index (κ2) is 15.4. The van der Waals surface area contributed by atoms with E-state index in [1.165, 1.54) is 23.1 Å². The van der Waals surface area contributed by atoms with Crippen LogP contribution in [0.1, 0.15) is 30.5 Å². The zero-order chi connectivity index (χ0) is 32.6. The number of hydrogen-bond donors (Lipinski definition) is 1. The molecule has 0 aromatic heterocycles. The van der Waals surface area contributed by atoms with Crippen molar-refractivity contribution in [3.63, 3.8) is 0 Å². The van der Waals surface area contributed by atoms with Gasteiger partial charge in [-0.2, -0.15) is 0 Å². The molecule has 0 saturated heterocycles. The topological polar surface area (TPSA) is 86.8 Å². The molecule has 0 aliphatic heterocycles. The number of amides is 2. The van der Waals surface area contributed by atoms with Crippen molar-refractivity contribution in [2.45, 2.75) is 44.7 Å². The lowest BCUT2D eigenvalue weighted by Gasteiger charge is -2.34. The number of aryl methyl sites for hydroxylation is 1. The Labute approximate surface area is 275 Å². The highest BCUT2D eigenvalue weighted by Crippen LogP contribution is 2.27. The van der Waals surface area contributed by atoms with Gasteiger partial charge >= 0.3 is 0 Å². The minimum Gasteiger partial charge on any atom is -0.354 e. The summed E-state index contributed by atoms with van der Waals surface area (Å²) in [5.74, 6) is -0.716. The van der Waals surface area contributed by atoms with Crippen molar-refractivity contribution in [3.8, 4) is 0 Å². The minimum absolute atomic E-state index is 0.0257. The van der Waals surface area contributed by atoms with Crippen LogP contribution < -0.4 is 9.62 Å². The molecule has 10 heteroatoms. The van der Waals surface area contributed by atoms with E-state index >= 15 is 0 Å². The maximum Gasteiger partial charge on any atom is 0.264 e. The summed E-state index contributed by atoms with van der Waals surface area (Å²) in [5.41, 5.74) is 2.66. The van der Waals surface area contributed by atoms with E-state index in [2.05, 4.69) is 5.32 Å². The van der Waals surface area contributed by atoms with Crippen molar-refractivity contribution >= 4 is 50.7 Å². The smallest absolute Gasteiger partial charge is 0.264 e. The Bertz CT molecular complexity index is 1710. The second-order valence-electron chi connectivity index (χ2n) is 11.3. The van der Waals surface area contributed by atoms with Crippen molar-refractivity contribution in [2.24, 2.45) is 5.92 Å². The summed E-state index contributed by atoms with van der Waals surface area (Å²) in [4.78, 5) is 29.8. The van der Waals surface area contributed by atoms with Crippen molar-refractivity contribution in [1.82, 2.24) is 10.2 Å². The van der Waals surface area contributed by atoms with Gasteiger partial charge < -0.3 is 10.2 Å². The quantitative estimate of drug-likeness (QED) is 0.168. The van der Waals surface area contributed by atoms with Crippen molar-refractivity contribution < 1.29 is 18.0 Å². The van der Waals surface area contributed by atoms with E-state index in [1.807, 2.05) is 57.2 Å². The highest BCUT2D eigenvalue weighted by molar-refractivity contribution is 7.92. The normalized spacial score (nSPS) is 12.0. The highest BCUT2D eigenvalue weighted by Gasteiger charge is 2.34. The van der Waals surface area contributed by atoms with E-state index < -0.39 is 28.5 Å². The molecule has 0 spiro atoms. The number of sulfonamides is 1. The molecule has 7 nitrogen and oxygen atoms in total. The summed E-state index contributed by atoms with van der Waals surface area (Å²) in [6.45, 7) is 5.71. The molecule has 236 valence electrons. The van der Waals surface area contributed by atoms with Crippen LogP contribution in [-0.2, 0) is 32.6 Å². The van der Waals surface area contributed by atoms with Gasteiger partial charge in [0.1, 0.15) is 12.6 Å².